The average Bonchev–Trinajstić information content (AvgIpc) is 3.01. The van der Waals surface area contributed by atoms with Gasteiger partial charge in [0.2, 0.25) is 5.91 Å². The van der Waals surface area contributed by atoms with E-state index in [1.165, 1.54) is 0 Å². The van der Waals surface area contributed by atoms with Gasteiger partial charge in [-0.1, -0.05) is 0 Å². The van der Waals surface area contributed by atoms with Gasteiger partial charge in [0.05, 0.1) is 0 Å². The van der Waals surface area contributed by atoms with E-state index in [9.17, 15) is 4.79 Å². The lowest BCUT2D eigenvalue weighted by Gasteiger charge is -2.33. The van der Waals surface area contributed by atoms with Gasteiger partial charge in [0.25, 0.3) is 0 Å². The Morgan fingerprint density at radius 3 is 3.04 bits per heavy atom. The number of likely N-dealkylation sites (tertiary alicyclic amines) is 1. The molecule has 1 aliphatic rings. The zero-order valence-corrected chi connectivity index (χ0v) is 15.5. The first kappa shape index (κ1) is 18.3. The van der Waals surface area contributed by atoms with Gasteiger partial charge in [0.15, 0.2) is 0 Å². The third-order valence-electron chi connectivity index (χ3n) is 4.41. The molecule has 0 spiro atoms. The van der Waals surface area contributed by atoms with E-state index >= 15 is 0 Å². The van der Waals surface area contributed by atoms with Crippen LogP contribution in [0.25, 0.3) is 0 Å². The van der Waals surface area contributed by atoms with E-state index in [0.29, 0.717) is 18.2 Å². The van der Waals surface area contributed by atoms with Crippen LogP contribution in [-0.4, -0.2) is 71.0 Å². The molecule has 0 saturated carbocycles. The molecule has 1 saturated heterocycles. The number of imidazole rings is 1. The Morgan fingerprint density at radius 2 is 2.30 bits per heavy atom. The Bertz CT molecular complexity index is 489. The van der Waals surface area contributed by atoms with Crippen LogP contribution in [0.5, 0.6) is 0 Å². The number of carbonyl (C=O) groups excluding carboxylic acids is 1. The van der Waals surface area contributed by atoms with E-state index in [2.05, 4.69) is 41.0 Å². The maximum atomic E-state index is 12.3. The molecule has 2 heterocycles. The van der Waals surface area contributed by atoms with E-state index in [1.807, 2.05) is 11.1 Å². The SMILES string of the molecule is CSCCC(=O)N1CCC[C@H](c2nccn2CCCN(C)C)C1. The normalized spacial score (nSPS) is 18.6. The Morgan fingerprint density at radius 1 is 1.48 bits per heavy atom. The lowest BCUT2D eigenvalue weighted by Crippen LogP contribution is -2.40. The molecule has 0 aromatic carbocycles. The maximum Gasteiger partial charge on any atom is 0.223 e. The van der Waals surface area contributed by atoms with Gasteiger partial charge < -0.3 is 14.4 Å². The average molecular weight is 339 g/mol. The summed E-state index contributed by atoms with van der Waals surface area (Å²) in [6.07, 6.45) is 10.0. The summed E-state index contributed by atoms with van der Waals surface area (Å²) in [5.74, 6) is 2.76. The number of aromatic nitrogens is 2. The highest BCUT2D eigenvalue weighted by Gasteiger charge is 2.27. The number of piperidine rings is 1. The smallest absolute Gasteiger partial charge is 0.223 e. The second-order valence-corrected chi connectivity index (χ2v) is 7.54. The van der Waals surface area contributed by atoms with Gasteiger partial charge in [0, 0.05) is 50.1 Å². The van der Waals surface area contributed by atoms with E-state index in [4.69, 9.17) is 0 Å². The number of carbonyl (C=O) groups is 1. The van der Waals surface area contributed by atoms with Gasteiger partial charge >= 0.3 is 0 Å². The lowest BCUT2D eigenvalue weighted by molar-refractivity contribution is -0.132. The highest BCUT2D eigenvalue weighted by molar-refractivity contribution is 7.98. The van der Waals surface area contributed by atoms with Gasteiger partial charge in [-0.25, -0.2) is 4.98 Å². The molecule has 0 aliphatic carbocycles. The summed E-state index contributed by atoms with van der Waals surface area (Å²) >= 11 is 1.74. The number of hydrogen-bond acceptors (Lipinski definition) is 4. The van der Waals surface area contributed by atoms with Gasteiger partial charge in [-0.15, -0.1) is 0 Å². The quantitative estimate of drug-likeness (QED) is 0.729. The third-order valence-corrected chi connectivity index (χ3v) is 5.02. The molecule has 1 amide bonds. The predicted molar refractivity (Wildman–Crippen MR) is 97.0 cm³/mol. The maximum absolute atomic E-state index is 12.3. The first-order valence-electron chi connectivity index (χ1n) is 8.54. The minimum Gasteiger partial charge on any atom is -0.342 e. The standard InChI is InChI=1S/C17H30N4OS/c1-19(2)9-5-11-20-12-8-18-17(20)15-6-4-10-21(14-15)16(22)7-13-23-3/h8,12,15H,4-7,9-11,13-14H2,1-3H3/t15-/m0/s1. The van der Waals surface area contributed by atoms with Crippen molar-refractivity contribution in [2.75, 3.05) is 45.7 Å². The Kier molecular flexibility index (Phi) is 7.43. The van der Waals surface area contributed by atoms with Crippen LogP contribution in [0.4, 0.5) is 0 Å². The fraction of sp³-hybridized carbons (Fsp3) is 0.765. The summed E-state index contributed by atoms with van der Waals surface area (Å²) in [7, 11) is 4.21. The molecule has 1 aromatic rings. The molecule has 130 valence electrons. The summed E-state index contributed by atoms with van der Waals surface area (Å²) in [6.45, 7) is 3.83. The number of thioether (sulfide) groups is 1. The molecule has 5 nitrogen and oxygen atoms in total. The van der Waals surface area contributed by atoms with Gasteiger partial charge in [0.1, 0.15) is 5.82 Å². The number of nitrogens with zero attached hydrogens (tertiary/aromatic N) is 4. The van der Waals surface area contributed by atoms with Crippen LogP contribution in [0.3, 0.4) is 0 Å². The molecule has 1 aromatic heterocycles. The summed E-state index contributed by atoms with van der Waals surface area (Å²) in [5.41, 5.74) is 0. The van der Waals surface area contributed by atoms with Crippen LogP contribution >= 0.6 is 11.8 Å². The van der Waals surface area contributed by atoms with E-state index in [1.54, 1.807) is 11.8 Å². The van der Waals surface area contributed by atoms with E-state index in [0.717, 1.165) is 57.0 Å². The number of amides is 1. The van der Waals surface area contributed by atoms with Crippen molar-refractivity contribution in [1.82, 2.24) is 19.4 Å². The monoisotopic (exact) mass is 338 g/mol. The highest BCUT2D eigenvalue weighted by Crippen LogP contribution is 2.26. The Balaban J connectivity index is 1.93. The molecule has 0 radical (unpaired) electrons. The van der Waals surface area contributed by atoms with Crippen molar-refractivity contribution in [2.45, 2.75) is 38.1 Å². The fourth-order valence-corrected chi connectivity index (χ4v) is 3.57. The molecular weight excluding hydrogens is 308 g/mol. The molecule has 23 heavy (non-hydrogen) atoms. The van der Waals surface area contributed by atoms with Crippen molar-refractivity contribution in [3.05, 3.63) is 18.2 Å². The van der Waals surface area contributed by atoms with Crippen LogP contribution in [0.2, 0.25) is 0 Å². The minimum atomic E-state index is 0.301. The highest BCUT2D eigenvalue weighted by atomic mass is 32.2. The third kappa shape index (κ3) is 5.53. The van der Waals surface area contributed by atoms with E-state index in [-0.39, 0.29) is 0 Å². The molecule has 0 unspecified atom stereocenters. The predicted octanol–water partition coefficient (Wildman–Crippen LogP) is 2.29. The minimum absolute atomic E-state index is 0.301. The van der Waals surface area contributed by atoms with Gasteiger partial charge in [-0.2, -0.15) is 11.8 Å². The van der Waals surface area contributed by atoms with Crippen LogP contribution in [0.1, 0.15) is 37.4 Å². The Labute approximate surface area is 144 Å². The summed E-state index contributed by atoms with van der Waals surface area (Å²) in [6, 6.07) is 0. The molecule has 1 atom stereocenters. The van der Waals surface area contributed by atoms with Crippen molar-refractivity contribution in [1.29, 1.82) is 0 Å². The lowest BCUT2D eigenvalue weighted by atomic mass is 9.97. The topological polar surface area (TPSA) is 41.4 Å². The molecule has 0 N–H and O–H groups in total. The van der Waals surface area contributed by atoms with Crippen LogP contribution in [0.15, 0.2) is 12.4 Å². The second kappa shape index (κ2) is 9.33. The molecular formula is C17H30N4OS. The van der Waals surface area contributed by atoms with Crippen molar-refractivity contribution in [3.8, 4) is 0 Å². The molecule has 0 bridgehead atoms. The zero-order valence-electron chi connectivity index (χ0n) is 14.7. The molecule has 1 aliphatic heterocycles. The van der Waals surface area contributed by atoms with Gasteiger partial charge in [-0.05, 0) is 46.2 Å². The summed E-state index contributed by atoms with van der Waals surface area (Å²) in [5, 5.41) is 0. The van der Waals surface area contributed by atoms with Crippen molar-refractivity contribution >= 4 is 17.7 Å². The second-order valence-electron chi connectivity index (χ2n) is 6.56. The zero-order chi connectivity index (χ0) is 16.7. The summed E-state index contributed by atoms with van der Waals surface area (Å²) in [4.78, 5) is 21.1. The van der Waals surface area contributed by atoms with Crippen molar-refractivity contribution in [2.24, 2.45) is 0 Å². The van der Waals surface area contributed by atoms with Crippen LogP contribution in [0, 0.1) is 0 Å². The van der Waals surface area contributed by atoms with Crippen LogP contribution < -0.4 is 0 Å². The van der Waals surface area contributed by atoms with Crippen molar-refractivity contribution < 1.29 is 4.79 Å². The van der Waals surface area contributed by atoms with Crippen molar-refractivity contribution in [3.63, 3.8) is 0 Å². The van der Waals surface area contributed by atoms with E-state index < -0.39 is 0 Å². The first-order chi connectivity index (χ1) is 11.1. The fourth-order valence-electron chi connectivity index (χ4n) is 3.19. The molecule has 2 rings (SSSR count). The molecule has 6 heteroatoms. The van der Waals surface area contributed by atoms with Gasteiger partial charge in [-0.3, -0.25) is 4.79 Å². The first-order valence-corrected chi connectivity index (χ1v) is 9.93. The number of hydrogen-bond donors (Lipinski definition) is 0. The van der Waals surface area contributed by atoms with Crippen LogP contribution in [-0.2, 0) is 11.3 Å². The Hall–Kier alpha value is -1.01. The number of rotatable bonds is 8. The largest absolute Gasteiger partial charge is 0.342 e. The number of aryl methyl sites for hydroxylation is 1. The summed E-state index contributed by atoms with van der Waals surface area (Å²) < 4.78 is 2.28. The molecule has 1 fully saturated rings.